The average molecular weight is 663 g/mol. The van der Waals surface area contributed by atoms with E-state index in [2.05, 4.69) is 10.2 Å². The van der Waals surface area contributed by atoms with Crippen LogP contribution < -0.4 is 46.3 Å². The van der Waals surface area contributed by atoms with Crippen LogP contribution >= 0.6 is 23.5 Å². The fourth-order valence-corrected chi connectivity index (χ4v) is 4.63. The molecule has 40 heavy (non-hydrogen) atoms. The summed E-state index contributed by atoms with van der Waals surface area (Å²) in [7, 11) is -8.93. The fourth-order valence-electron chi connectivity index (χ4n) is 2.37. The van der Waals surface area contributed by atoms with Gasteiger partial charge in [-0.1, -0.05) is 6.92 Å². The van der Waals surface area contributed by atoms with Gasteiger partial charge in [-0.15, -0.1) is 5.06 Å². The molecule has 1 aliphatic rings. The van der Waals surface area contributed by atoms with Crippen LogP contribution in [-0.4, -0.2) is 108 Å². The number of nitrogens with zero attached hydrogens (tertiary/aromatic N) is 1. The topological polar surface area (TPSA) is 273 Å². The van der Waals surface area contributed by atoms with Crippen molar-refractivity contribution in [1.29, 1.82) is 0 Å². The van der Waals surface area contributed by atoms with E-state index >= 15 is 0 Å². The van der Waals surface area contributed by atoms with Crippen molar-refractivity contribution in [1.82, 2.24) is 10.4 Å². The first-order valence-electron chi connectivity index (χ1n) is 11.2. The summed E-state index contributed by atoms with van der Waals surface area (Å²) in [6.07, 6.45) is 4.77. The SMILES string of the molecule is CCC(=O)ON1C(=O)CCC1=O.CSCC[C@@H](CS(=O)(=O)O)NC(=O)CN.CSCC[C@H](N)C(=O)S(=O)(=O)[O-].[Na+]. The first-order valence-corrected chi connectivity index (χ1v) is 17.0. The summed E-state index contributed by atoms with van der Waals surface area (Å²) in [4.78, 5) is 58.5. The monoisotopic (exact) mass is 662 g/mol. The molecule has 0 radical (unpaired) electrons. The number of rotatable bonds is 13. The Kier molecular flexibility index (Phi) is 24.8. The van der Waals surface area contributed by atoms with Gasteiger partial charge in [0.2, 0.25) is 5.91 Å². The van der Waals surface area contributed by atoms with Gasteiger partial charge in [-0.2, -0.15) is 31.9 Å². The molecule has 228 valence electrons. The van der Waals surface area contributed by atoms with Crippen LogP contribution in [0.4, 0.5) is 0 Å². The summed E-state index contributed by atoms with van der Waals surface area (Å²) in [5.41, 5.74) is 10.2. The van der Waals surface area contributed by atoms with E-state index in [1.165, 1.54) is 23.5 Å². The molecule has 0 aliphatic carbocycles. The Morgan fingerprint density at radius 1 is 1.07 bits per heavy atom. The quantitative estimate of drug-likeness (QED) is 0.0818. The standard InChI is InChI=1S/C7H16N2O4S2.C7H9NO4.C5H11NO4S2.Na/c1-14-3-2-6(5-15(11,12)13)9-7(10)4-8;1-2-7(11)12-8-5(9)3-4-6(8)10;1-11-3-2-4(6)5(7)12(8,9)10;/h6H,2-5,8H2,1H3,(H,9,10)(H,11,12,13);2-4H2,1H3;4H,2-3,6H2,1H3,(H,8,9,10);/q;;;+1/p-1/t6-;;4-;/m0.0./s1. The molecule has 1 heterocycles. The minimum Gasteiger partial charge on any atom is -0.742 e. The maximum atomic E-state index is 11.0. The molecule has 0 bridgehead atoms. The second-order valence-electron chi connectivity index (χ2n) is 7.56. The molecule has 6 N–H and O–H groups in total. The van der Waals surface area contributed by atoms with Gasteiger partial charge in [0, 0.05) is 25.3 Å². The van der Waals surface area contributed by atoms with Crippen LogP contribution in [0.5, 0.6) is 0 Å². The molecule has 3 amide bonds. The van der Waals surface area contributed by atoms with E-state index in [4.69, 9.17) is 16.0 Å². The van der Waals surface area contributed by atoms with Crippen LogP contribution in [0.3, 0.4) is 0 Å². The van der Waals surface area contributed by atoms with Gasteiger partial charge >= 0.3 is 35.5 Å². The molecule has 16 nitrogen and oxygen atoms in total. The molecule has 1 rings (SSSR count). The Bertz CT molecular complexity index is 1030. The summed E-state index contributed by atoms with van der Waals surface area (Å²) in [5, 5.41) is 1.57. The third-order valence-corrected chi connectivity index (χ3v) is 7.21. The second-order valence-corrected chi connectivity index (χ2v) is 12.3. The fraction of sp³-hybridized carbons (Fsp3) is 0.737. The van der Waals surface area contributed by atoms with Crippen molar-refractivity contribution < 1.29 is 84.3 Å². The van der Waals surface area contributed by atoms with Gasteiger partial charge in [0.15, 0.2) is 10.1 Å². The van der Waals surface area contributed by atoms with Gasteiger partial charge in [0.1, 0.15) is 0 Å². The first-order chi connectivity index (χ1) is 17.9. The van der Waals surface area contributed by atoms with Crippen molar-refractivity contribution in [2.24, 2.45) is 11.5 Å². The summed E-state index contributed by atoms with van der Waals surface area (Å²) in [6.45, 7) is 1.40. The number of carbonyl (C=O) groups is 5. The molecule has 0 unspecified atom stereocenters. The maximum absolute atomic E-state index is 11.0. The Morgan fingerprint density at radius 2 is 1.55 bits per heavy atom. The molecule has 0 saturated carbocycles. The molecule has 2 atom stereocenters. The van der Waals surface area contributed by atoms with Crippen LogP contribution in [0.2, 0.25) is 0 Å². The molecule has 1 fully saturated rings. The zero-order valence-electron chi connectivity index (χ0n) is 22.7. The maximum Gasteiger partial charge on any atom is 1.00 e. The Balaban J connectivity index is -0.000000511. The molecular formula is C19H35N4NaO12S4. The second kappa shape index (κ2) is 22.7. The van der Waals surface area contributed by atoms with Gasteiger partial charge in [0.05, 0.1) is 18.3 Å². The number of hydrogen-bond donors (Lipinski definition) is 4. The van der Waals surface area contributed by atoms with E-state index < -0.39 is 66.9 Å². The van der Waals surface area contributed by atoms with Gasteiger partial charge in [0.25, 0.3) is 27.0 Å². The molecule has 0 aromatic carbocycles. The summed E-state index contributed by atoms with van der Waals surface area (Å²) in [6, 6.07) is -1.76. The molecule has 1 saturated heterocycles. The zero-order valence-corrected chi connectivity index (χ0v) is 28.0. The third-order valence-electron chi connectivity index (χ3n) is 4.30. The Morgan fingerprint density at radius 3 is 1.93 bits per heavy atom. The van der Waals surface area contributed by atoms with Crippen LogP contribution in [0.15, 0.2) is 0 Å². The summed E-state index contributed by atoms with van der Waals surface area (Å²) >= 11 is 2.96. The van der Waals surface area contributed by atoms with Crippen LogP contribution in [-0.2, 0) is 49.0 Å². The van der Waals surface area contributed by atoms with Crippen LogP contribution in [0, 0.1) is 0 Å². The minimum absolute atomic E-state index is 0. The van der Waals surface area contributed by atoms with Crippen molar-refractivity contribution in [3.63, 3.8) is 0 Å². The number of amides is 3. The number of hydrogen-bond acceptors (Lipinski definition) is 15. The minimum atomic E-state index is -4.86. The van der Waals surface area contributed by atoms with E-state index in [1.807, 2.05) is 6.26 Å². The van der Waals surface area contributed by atoms with Crippen LogP contribution in [0.25, 0.3) is 0 Å². The molecule has 0 spiro atoms. The van der Waals surface area contributed by atoms with E-state index in [0.29, 0.717) is 23.0 Å². The number of imide groups is 1. The number of nitrogens with one attached hydrogen (secondary N) is 1. The Hall–Kier alpha value is -0.810. The van der Waals surface area contributed by atoms with Crippen molar-refractivity contribution in [3.8, 4) is 0 Å². The predicted octanol–water partition coefficient (Wildman–Crippen LogP) is -4.78. The first kappa shape index (κ1) is 43.6. The van der Waals surface area contributed by atoms with Gasteiger partial charge in [-0.05, 0) is 36.9 Å². The molecule has 0 aromatic heterocycles. The van der Waals surface area contributed by atoms with Crippen LogP contribution in [0.1, 0.15) is 39.0 Å². The summed E-state index contributed by atoms with van der Waals surface area (Å²) < 4.78 is 60.4. The summed E-state index contributed by atoms with van der Waals surface area (Å²) in [5.74, 6) is -1.10. The largest absolute Gasteiger partial charge is 1.00 e. The number of thioether (sulfide) groups is 2. The third kappa shape index (κ3) is 21.9. The molecular weight excluding hydrogens is 627 g/mol. The number of nitrogens with two attached hydrogens (primary N) is 2. The molecule has 0 aromatic rings. The smallest absolute Gasteiger partial charge is 0.742 e. The van der Waals surface area contributed by atoms with Gasteiger partial charge in [-0.25, -0.2) is 13.2 Å². The van der Waals surface area contributed by atoms with Gasteiger partial charge in [-0.3, -0.25) is 23.7 Å². The predicted molar refractivity (Wildman–Crippen MR) is 144 cm³/mol. The van der Waals surface area contributed by atoms with Crippen molar-refractivity contribution in [3.05, 3.63) is 0 Å². The zero-order chi connectivity index (χ0) is 30.8. The van der Waals surface area contributed by atoms with E-state index in [1.54, 1.807) is 13.2 Å². The van der Waals surface area contributed by atoms with Crippen molar-refractivity contribution in [2.45, 2.75) is 51.1 Å². The normalized spacial score (nSPS) is 14.4. The van der Waals surface area contributed by atoms with E-state index in [9.17, 15) is 45.4 Å². The molecule has 1 aliphatic heterocycles. The molecule has 21 heteroatoms. The van der Waals surface area contributed by atoms with E-state index in [0.717, 1.165) is 0 Å². The van der Waals surface area contributed by atoms with Gasteiger partial charge < -0.3 is 26.2 Å². The Labute approximate surface area is 264 Å². The number of carbonyl (C=O) groups excluding carboxylic acids is 5. The van der Waals surface area contributed by atoms with E-state index in [-0.39, 0.29) is 61.8 Å². The van der Waals surface area contributed by atoms with Crippen molar-refractivity contribution >= 4 is 72.6 Å². The van der Waals surface area contributed by atoms with Crippen molar-refractivity contribution in [2.75, 3.05) is 36.3 Å². The number of hydroxylamine groups is 2. The average Bonchev–Trinajstić information content (AvgIpc) is 3.16.